The number of esters is 1. The molecule has 0 amide bonds. The quantitative estimate of drug-likeness (QED) is 0.123. The molecule has 1 aromatic carbocycles. The van der Waals surface area contributed by atoms with Crippen LogP contribution < -0.4 is 4.74 Å². The topological polar surface area (TPSA) is 123 Å². The molecule has 19 heteroatoms. The molecule has 0 fully saturated rings. The number of nitrogens with zero attached hydrogens (tertiary/aromatic N) is 1. The highest BCUT2D eigenvalue weighted by molar-refractivity contribution is 8.45. The Morgan fingerprint density at radius 2 is 1.81 bits per heavy atom. The van der Waals surface area contributed by atoms with Crippen molar-refractivity contribution in [2.45, 2.75) is 36.6 Å². The van der Waals surface area contributed by atoms with Gasteiger partial charge >= 0.3 is 28.5 Å². The number of rotatable bonds is 9. The maximum atomic E-state index is 13.4. The molecule has 2 atom stereocenters. The Hall–Kier alpha value is -3.51. The van der Waals surface area contributed by atoms with E-state index in [0.717, 1.165) is 0 Å². The number of carbonyl (C=O) groups is 2. The smallest absolute Gasteiger partial charge is 0.475 e. The fourth-order valence-corrected chi connectivity index (χ4v) is 3.27. The van der Waals surface area contributed by atoms with E-state index >= 15 is 0 Å². The molecule has 0 N–H and O–H groups in total. The lowest BCUT2D eigenvalue weighted by atomic mass is 10.0. The van der Waals surface area contributed by atoms with E-state index in [0.29, 0.717) is 0 Å². The second-order valence-electron chi connectivity index (χ2n) is 7.03. The highest BCUT2D eigenvalue weighted by Gasteiger charge is 2.65. The zero-order chi connectivity index (χ0) is 27.6. The van der Waals surface area contributed by atoms with Crippen LogP contribution in [0.15, 0.2) is 28.7 Å². The first-order valence-corrected chi connectivity index (χ1v) is 11.2. The Balaban J connectivity index is 2.13. The number of benzene rings is 1. The summed E-state index contributed by atoms with van der Waals surface area (Å²) in [4.78, 5) is 35.2. The molecule has 0 spiro atoms. The molecular formula is C17H15F8NO9S. The van der Waals surface area contributed by atoms with Crippen molar-refractivity contribution in [2.75, 3.05) is 13.4 Å². The molecule has 0 radical (unpaired) electrons. The van der Waals surface area contributed by atoms with Crippen LogP contribution in [0.25, 0.3) is 6.08 Å². The van der Waals surface area contributed by atoms with Crippen LogP contribution in [0.3, 0.4) is 0 Å². The third-order valence-electron chi connectivity index (χ3n) is 4.18. The van der Waals surface area contributed by atoms with Gasteiger partial charge in [-0.1, -0.05) is 19.4 Å². The van der Waals surface area contributed by atoms with Crippen LogP contribution in [-0.4, -0.2) is 49.0 Å². The second-order valence-corrected chi connectivity index (χ2v) is 9.44. The van der Waals surface area contributed by atoms with Gasteiger partial charge < -0.3 is 23.8 Å². The lowest BCUT2D eigenvalue weighted by Crippen LogP contribution is -2.41. The zero-order valence-corrected chi connectivity index (χ0v) is 18.5. The highest BCUT2D eigenvalue weighted by Crippen LogP contribution is 3.02. The van der Waals surface area contributed by atoms with Crippen LogP contribution >= 0.6 is 10.2 Å². The summed E-state index contributed by atoms with van der Waals surface area (Å²) in [5.74, 6) is -2.73. The molecule has 1 aromatic rings. The van der Waals surface area contributed by atoms with E-state index in [4.69, 9.17) is 0 Å². The largest absolute Gasteiger partial charge is 0.511 e. The first kappa shape index (κ1) is 28.7. The predicted molar refractivity (Wildman–Crippen MR) is 102 cm³/mol. The van der Waals surface area contributed by atoms with Gasteiger partial charge in [0.25, 0.3) is 5.09 Å². The fraction of sp³-hybridized carbons (Fsp3) is 0.412. The molecule has 0 aliphatic carbocycles. The molecule has 1 heterocycles. The van der Waals surface area contributed by atoms with E-state index in [1.54, 1.807) is 0 Å². The van der Waals surface area contributed by atoms with Crippen LogP contribution in [0.2, 0.25) is 0 Å². The van der Waals surface area contributed by atoms with Crippen molar-refractivity contribution in [2.24, 2.45) is 0 Å². The Kier molecular flexibility index (Phi) is 7.32. The van der Waals surface area contributed by atoms with Gasteiger partial charge in [0.1, 0.15) is 16.7 Å². The van der Waals surface area contributed by atoms with Gasteiger partial charge in [-0.3, -0.25) is 0 Å². The SMILES string of the molecule is C[C@@H](CCO[N+](=O)[O-])OC(=O)OCOC(=O)C1=Cc2cc(S(F)(F)(F)(F)F)ccc2O[C@@H]1C(F)(F)F. The fourth-order valence-electron chi connectivity index (χ4n) is 2.59. The van der Waals surface area contributed by atoms with E-state index in [-0.39, 0.29) is 30.7 Å². The van der Waals surface area contributed by atoms with E-state index in [1.807, 2.05) is 0 Å². The van der Waals surface area contributed by atoms with E-state index in [9.17, 15) is 52.3 Å². The highest BCUT2D eigenvalue weighted by atomic mass is 32.5. The van der Waals surface area contributed by atoms with Gasteiger partial charge in [-0.15, -0.1) is 10.1 Å². The molecule has 1 aliphatic rings. The molecule has 1 aliphatic heterocycles. The van der Waals surface area contributed by atoms with Crippen molar-refractivity contribution in [3.8, 4) is 5.75 Å². The van der Waals surface area contributed by atoms with Gasteiger partial charge in [0.05, 0.1) is 12.2 Å². The number of hydrogen-bond acceptors (Lipinski definition) is 9. The molecule has 10 nitrogen and oxygen atoms in total. The Morgan fingerprint density at radius 3 is 2.36 bits per heavy atom. The number of halogens is 8. The van der Waals surface area contributed by atoms with Gasteiger partial charge in [0.2, 0.25) is 12.9 Å². The number of carbonyl (C=O) groups excluding carboxylic acids is 2. The minimum atomic E-state index is -10.2. The minimum Gasteiger partial charge on any atom is -0.475 e. The number of alkyl halides is 3. The molecular weight excluding hydrogens is 546 g/mol. The zero-order valence-electron chi connectivity index (χ0n) is 17.6. The second kappa shape index (κ2) is 9.17. The molecule has 0 saturated carbocycles. The van der Waals surface area contributed by atoms with Crippen molar-refractivity contribution in [3.63, 3.8) is 0 Å². The van der Waals surface area contributed by atoms with Gasteiger partial charge in [0, 0.05) is 12.0 Å². The average molecular weight is 561 g/mol. The van der Waals surface area contributed by atoms with Crippen molar-refractivity contribution in [3.05, 3.63) is 39.4 Å². The molecule has 0 bridgehead atoms. The molecule has 2 rings (SSSR count). The summed E-state index contributed by atoms with van der Waals surface area (Å²) in [5, 5.41) is 8.92. The average Bonchev–Trinajstić information content (AvgIpc) is 2.69. The minimum absolute atomic E-state index is 0.158. The monoisotopic (exact) mass is 561 g/mol. The van der Waals surface area contributed by atoms with Gasteiger partial charge in [0.15, 0.2) is 0 Å². The Labute approximate surface area is 195 Å². The van der Waals surface area contributed by atoms with Crippen molar-refractivity contribution in [1.29, 1.82) is 0 Å². The summed E-state index contributed by atoms with van der Waals surface area (Å²) in [6.07, 6.45) is -10.8. The van der Waals surface area contributed by atoms with Gasteiger partial charge in [-0.2, -0.15) is 13.2 Å². The van der Waals surface area contributed by atoms with Crippen LogP contribution in [0.4, 0.5) is 37.4 Å². The summed E-state index contributed by atoms with van der Waals surface area (Å²) in [6.45, 7) is -0.502. The molecule has 0 unspecified atom stereocenters. The summed E-state index contributed by atoms with van der Waals surface area (Å²) >= 11 is 0. The number of ether oxygens (including phenoxy) is 4. The summed E-state index contributed by atoms with van der Waals surface area (Å²) in [5.41, 5.74) is -2.34. The van der Waals surface area contributed by atoms with E-state index in [2.05, 4.69) is 23.8 Å². The van der Waals surface area contributed by atoms with Gasteiger partial charge in [-0.25, -0.2) is 9.59 Å². The van der Waals surface area contributed by atoms with E-state index < -0.39 is 81.0 Å². The first-order chi connectivity index (χ1) is 16.2. The van der Waals surface area contributed by atoms with Crippen molar-refractivity contribution in [1.82, 2.24) is 0 Å². The van der Waals surface area contributed by atoms with Gasteiger partial charge in [-0.05, 0) is 31.2 Å². The normalized spacial score (nSPS) is 18.2. The third kappa shape index (κ3) is 8.02. The van der Waals surface area contributed by atoms with Crippen molar-refractivity contribution < 1.29 is 71.1 Å². The summed E-state index contributed by atoms with van der Waals surface area (Å²) in [6, 6.07) is -0.0967. The van der Waals surface area contributed by atoms with E-state index in [1.165, 1.54) is 6.92 Å². The van der Waals surface area contributed by atoms with Crippen molar-refractivity contribution >= 4 is 28.4 Å². The molecule has 36 heavy (non-hydrogen) atoms. The van der Waals surface area contributed by atoms with Crippen LogP contribution in [0.5, 0.6) is 5.75 Å². The standard InChI is InChI=1S/C17H15F8NO9S/c1-9(4-5-33-26(29)30)34-16(28)32-8-31-15(27)12-7-10-6-11(36(21,22,23,24)25)2-3-13(10)35-14(12)17(18,19)20/h2-3,6-7,9,14H,4-5,8H2,1H3/t9-,14-/m0/s1. The third-order valence-corrected chi connectivity index (χ3v) is 5.33. The molecule has 204 valence electrons. The Morgan fingerprint density at radius 1 is 1.17 bits per heavy atom. The lowest BCUT2D eigenvalue weighted by Gasteiger charge is -2.41. The predicted octanol–water partition coefficient (Wildman–Crippen LogP) is 5.69. The Bertz CT molecular complexity index is 1080. The first-order valence-electron chi connectivity index (χ1n) is 9.28. The number of fused-ring (bicyclic) bond motifs is 1. The van der Waals surface area contributed by atoms with Crippen LogP contribution in [0, 0.1) is 10.1 Å². The number of hydrogen-bond donors (Lipinski definition) is 0. The molecule has 0 saturated heterocycles. The summed E-state index contributed by atoms with van der Waals surface area (Å²) in [7, 11) is -10.2. The maximum Gasteiger partial charge on any atom is 0.511 e. The lowest BCUT2D eigenvalue weighted by molar-refractivity contribution is -0.758. The van der Waals surface area contributed by atoms with Crippen LogP contribution in [0.1, 0.15) is 18.9 Å². The maximum absolute atomic E-state index is 13.4. The van der Waals surface area contributed by atoms with Crippen LogP contribution in [-0.2, 0) is 23.8 Å². The summed E-state index contributed by atoms with van der Waals surface area (Å²) < 4.78 is 123. The molecule has 0 aromatic heterocycles.